The number of rotatable bonds is 5. The molecule has 1 atom stereocenters. The molecule has 0 spiro atoms. The van der Waals surface area contributed by atoms with Crippen LogP contribution in [0.15, 0.2) is 33.7 Å². The molecule has 5 heterocycles. The number of hydrogen-bond acceptors (Lipinski definition) is 9. The van der Waals surface area contributed by atoms with Crippen molar-refractivity contribution in [1.29, 1.82) is 0 Å². The van der Waals surface area contributed by atoms with Crippen LogP contribution in [0.25, 0.3) is 10.9 Å². The largest absolute Gasteiger partial charge is 0.436 e. The maximum absolute atomic E-state index is 13.7. The fourth-order valence-electron chi connectivity index (χ4n) is 5.38. The zero-order chi connectivity index (χ0) is 28.0. The van der Waals surface area contributed by atoms with Gasteiger partial charge >= 0.3 is 5.91 Å². The molecule has 13 nitrogen and oxygen atoms in total. The van der Waals surface area contributed by atoms with Crippen molar-refractivity contribution in [3.8, 4) is 0 Å². The van der Waals surface area contributed by atoms with E-state index in [1.165, 1.54) is 15.3 Å². The highest BCUT2D eigenvalue weighted by atomic mass is 35.5. The van der Waals surface area contributed by atoms with Gasteiger partial charge in [-0.2, -0.15) is 9.37 Å². The standard InChI is InChI=1S/C25H29ClN6O7S/c26-17-1-2-19-16(11-17)12-22(27-19)40(36,37)31-5-6-32(18(14-31)13-23(33)29-7-9-38-10-8-29)25(34)24-28-20-3-4-30(35)15-21(20)39-24/h1-2,11-12,18,27,35H,3-10,13-15H2. The average molecular weight is 593 g/mol. The molecule has 0 bridgehead atoms. The molecule has 1 unspecified atom stereocenters. The van der Waals surface area contributed by atoms with Gasteiger partial charge < -0.3 is 29.1 Å². The smallest absolute Gasteiger partial charge is 0.310 e. The number of H-pyrrole nitrogens is 1. The highest BCUT2D eigenvalue weighted by Crippen LogP contribution is 2.28. The van der Waals surface area contributed by atoms with Crippen LogP contribution >= 0.6 is 11.6 Å². The second kappa shape index (κ2) is 10.8. The van der Waals surface area contributed by atoms with E-state index < -0.39 is 22.0 Å². The summed E-state index contributed by atoms with van der Waals surface area (Å²) in [5.41, 5.74) is 1.24. The van der Waals surface area contributed by atoms with Crippen molar-refractivity contribution in [2.75, 3.05) is 52.5 Å². The van der Waals surface area contributed by atoms with E-state index in [0.29, 0.717) is 66.6 Å². The molecule has 6 rings (SSSR count). The number of oxazole rings is 1. The van der Waals surface area contributed by atoms with E-state index in [2.05, 4.69) is 9.97 Å². The van der Waals surface area contributed by atoms with Crippen molar-refractivity contribution in [3.63, 3.8) is 0 Å². The number of amides is 2. The maximum Gasteiger partial charge on any atom is 0.310 e. The minimum Gasteiger partial charge on any atom is -0.436 e. The Kier molecular flexibility index (Phi) is 7.31. The number of sulfonamides is 1. The third-order valence-corrected chi connectivity index (χ3v) is 9.57. The Morgan fingerprint density at radius 1 is 1.12 bits per heavy atom. The van der Waals surface area contributed by atoms with Gasteiger partial charge in [0, 0.05) is 68.0 Å². The molecule has 214 valence electrons. The van der Waals surface area contributed by atoms with Crippen molar-refractivity contribution < 1.29 is 32.4 Å². The first-order valence-electron chi connectivity index (χ1n) is 13.1. The van der Waals surface area contributed by atoms with Crippen LogP contribution in [0.2, 0.25) is 5.02 Å². The molecule has 3 aliphatic heterocycles. The molecule has 2 amide bonds. The van der Waals surface area contributed by atoms with Crippen molar-refractivity contribution in [1.82, 2.24) is 29.1 Å². The highest BCUT2D eigenvalue weighted by Gasteiger charge is 2.40. The van der Waals surface area contributed by atoms with Crippen molar-refractivity contribution in [2.24, 2.45) is 0 Å². The van der Waals surface area contributed by atoms with E-state index in [9.17, 15) is 23.2 Å². The van der Waals surface area contributed by atoms with Gasteiger partial charge in [0.05, 0.1) is 31.5 Å². The first-order chi connectivity index (χ1) is 19.2. The molecule has 0 radical (unpaired) electrons. The van der Waals surface area contributed by atoms with E-state index in [1.54, 1.807) is 23.1 Å². The summed E-state index contributed by atoms with van der Waals surface area (Å²) in [5.74, 6) is -0.421. The van der Waals surface area contributed by atoms with Crippen LogP contribution in [-0.2, 0) is 32.5 Å². The monoisotopic (exact) mass is 592 g/mol. The second-order valence-electron chi connectivity index (χ2n) is 10.1. The summed E-state index contributed by atoms with van der Waals surface area (Å²) >= 11 is 6.08. The van der Waals surface area contributed by atoms with Gasteiger partial charge in [0.2, 0.25) is 5.91 Å². The zero-order valence-electron chi connectivity index (χ0n) is 21.6. The maximum atomic E-state index is 13.7. The van der Waals surface area contributed by atoms with Crippen molar-refractivity contribution in [3.05, 3.63) is 46.6 Å². The van der Waals surface area contributed by atoms with Gasteiger partial charge in [0.15, 0.2) is 0 Å². The number of benzene rings is 1. The Hall–Kier alpha value is -3.01. The Labute approximate surface area is 235 Å². The summed E-state index contributed by atoms with van der Waals surface area (Å²) in [6, 6.07) is 5.85. The Bertz CT molecular complexity index is 1550. The van der Waals surface area contributed by atoms with Crippen LogP contribution in [0.3, 0.4) is 0 Å². The SMILES string of the molecule is O=C(CC1CN(S(=O)(=O)c2cc3cc(Cl)ccc3[nH]2)CCN1C(=O)c1nc2c(o1)CN(O)CC2)N1CCOCC1. The molecule has 15 heteroatoms. The van der Waals surface area contributed by atoms with E-state index in [-0.39, 0.29) is 49.4 Å². The molecular formula is C25H29ClN6O7S. The Balaban J connectivity index is 1.27. The van der Waals surface area contributed by atoms with Gasteiger partial charge in [0.1, 0.15) is 10.8 Å². The minimum absolute atomic E-state index is 0.0109. The van der Waals surface area contributed by atoms with Gasteiger partial charge in [-0.3, -0.25) is 9.59 Å². The zero-order valence-corrected chi connectivity index (χ0v) is 23.2. The quantitative estimate of drug-likeness (QED) is 0.447. The van der Waals surface area contributed by atoms with Crippen LogP contribution in [0.4, 0.5) is 0 Å². The number of hydrogen-bond donors (Lipinski definition) is 2. The molecule has 2 aromatic heterocycles. The third kappa shape index (κ3) is 5.22. The predicted octanol–water partition coefficient (Wildman–Crippen LogP) is 1.32. The predicted molar refractivity (Wildman–Crippen MR) is 141 cm³/mol. The Morgan fingerprint density at radius 2 is 1.93 bits per heavy atom. The number of ether oxygens (including phenoxy) is 1. The minimum atomic E-state index is -3.97. The summed E-state index contributed by atoms with van der Waals surface area (Å²) in [7, 11) is -3.97. The number of fused-ring (bicyclic) bond motifs is 2. The lowest BCUT2D eigenvalue weighted by Gasteiger charge is -2.40. The normalized spacial score (nSPS) is 21.1. The average Bonchev–Trinajstić information content (AvgIpc) is 3.57. The van der Waals surface area contributed by atoms with Crippen LogP contribution < -0.4 is 0 Å². The summed E-state index contributed by atoms with van der Waals surface area (Å²) in [6.07, 6.45) is 0.369. The van der Waals surface area contributed by atoms with Crippen LogP contribution in [0.1, 0.15) is 28.6 Å². The number of aromatic nitrogens is 2. The number of carbonyl (C=O) groups is 2. The molecule has 0 aliphatic carbocycles. The molecule has 2 fully saturated rings. The number of nitrogens with zero attached hydrogens (tertiary/aromatic N) is 5. The molecule has 3 aliphatic rings. The van der Waals surface area contributed by atoms with E-state index >= 15 is 0 Å². The van der Waals surface area contributed by atoms with Gasteiger partial charge in [-0.15, -0.1) is 0 Å². The molecule has 3 aromatic rings. The summed E-state index contributed by atoms with van der Waals surface area (Å²) < 4.78 is 39.7. The van der Waals surface area contributed by atoms with Crippen LogP contribution in [-0.4, -0.2) is 113 Å². The number of piperazine rings is 1. The summed E-state index contributed by atoms with van der Waals surface area (Å²) in [6.45, 7) is 2.21. The number of morpholine rings is 1. The number of halogens is 1. The van der Waals surface area contributed by atoms with Crippen LogP contribution in [0, 0.1) is 0 Å². The summed E-state index contributed by atoms with van der Waals surface area (Å²) in [4.78, 5) is 37.3. The molecule has 0 saturated carbocycles. The lowest BCUT2D eigenvalue weighted by Crippen LogP contribution is -2.58. The number of carbonyl (C=O) groups excluding carboxylic acids is 2. The van der Waals surface area contributed by atoms with Gasteiger partial charge in [-0.25, -0.2) is 13.4 Å². The highest BCUT2D eigenvalue weighted by molar-refractivity contribution is 7.89. The van der Waals surface area contributed by atoms with Gasteiger partial charge in [0.25, 0.3) is 15.9 Å². The molecule has 2 saturated heterocycles. The van der Waals surface area contributed by atoms with E-state index in [1.807, 2.05) is 0 Å². The molecular weight excluding hydrogens is 564 g/mol. The second-order valence-corrected chi connectivity index (χ2v) is 12.4. The van der Waals surface area contributed by atoms with E-state index in [4.69, 9.17) is 20.8 Å². The van der Waals surface area contributed by atoms with Crippen LogP contribution in [0.5, 0.6) is 0 Å². The fraction of sp³-hybridized carbons (Fsp3) is 0.480. The molecule has 1 aromatic carbocycles. The van der Waals surface area contributed by atoms with E-state index in [0.717, 1.165) is 5.06 Å². The summed E-state index contributed by atoms with van der Waals surface area (Å²) in [5, 5.41) is 12.1. The Morgan fingerprint density at radius 3 is 2.73 bits per heavy atom. The van der Waals surface area contributed by atoms with Gasteiger partial charge in [-0.05, 0) is 24.3 Å². The third-order valence-electron chi connectivity index (χ3n) is 7.55. The lowest BCUT2D eigenvalue weighted by molar-refractivity contribution is -0.136. The van der Waals surface area contributed by atoms with Crippen molar-refractivity contribution in [2.45, 2.75) is 30.5 Å². The van der Waals surface area contributed by atoms with Gasteiger partial charge in [-0.1, -0.05) is 11.6 Å². The fourth-order valence-corrected chi connectivity index (χ4v) is 7.05. The number of hydroxylamine groups is 2. The molecule has 2 N–H and O–H groups in total. The first kappa shape index (κ1) is 27.2. The lowest BCUT2D eigenvalue weighted by atomic mass is 10.1. The number of aromatic amines is 1. The topological polar surface area (TPSA) is 153 Å². The van der Waals surface area contributed by atoms with Crippen molar-refractivity contribution >= 4 is 44.3 Å². The number of nitrogens with one attached hydrogen (secondary N) is 1. The first-order valence-corrected chi connectivity index (χ1v) is 14.9. The molecule has 40 heavy (non-hydrogen) atoms.